The Morgan fingerprint density at radius 1 is 1.17 bits per heavy atom. The number of hydrogen-bond donors (Lipinski definition) is 0. The number of aromatic nitrogens is 3. The maximum atomic E-state index is 12.7. The number of nitrogens with zero attached hydrogens (tertiary/aromatic N) is 5. The molecule has 1 aliphatic carbocycles. The number of benzene rings is 1. The molecule has 0 atom stereocenters. The molecule has 0 bridgehead atoms. The molecule has 1 aromatic carbocycles. The van der Waals surface area contributed by atoms with Gasteiger partial charge >= 0.3 is 0 Å². The molecule has 2 aliphatic rings. The number of carbonyl (C=O) groups excluding carboxylic acids is 1. The molecule has 152 valence electrons. The molecular formula is C24H25N5O. The van der Waals surface area contributed by atoms with Gasteiger partial charge in [-0.3, -0.25) is 9.78 Å². The summed E-state index contributed by atoms with van der Waals surface area (Å²) in [6.45, 7) is 5.51. The highest BCUT2D eigenvalue weighted by Crippen LogP contribution is 2.57. The third kappa shape index (κ3) is 3.03. The predicted molar refractivity (Wildman–Crippen MR) is 117 cm³/mol. The summed E-state index contributed by atoms with van der Waals surface area (Å²) < 4.78 is 0. The SMILES string of the molecule is CCN(C)C(=O)c1ccc2c(c1)N(c1ncc(-c3cccc(C)n3)cn1)CC21CC1. The monoisotopic (exact) mass is 399 g/mol. The van der Waals surface area contributed by atoms with Crippen molar-refractivity contribution in [3.63, 3.8) is 0 Å². The Morgan fingerprint density at radius 2 is 1.93 bits per heavy atom. The van der Waals surface area contributed by atoms with Crippen molar-refractivity contribution in [2.24, 2.45) is 0 Å². The number of anilines is 2. The predicted octanol–water partition coefficient (Wildman–Crippen LogP) is 4.12. The van der Waals surface area contributed by atoms with E-state index in [2.05, 4.69) is 25.9 Å². The molecule has 1 saturated carbocycles. The normalized spacial score (nSPS) is 15.9. The lowest BCUT2D eigenvalue weighted by molar-refractivity contribution is 0.0802. The molecule has 2 aromatic heterocycles. The summed E-state index contributed by atoms with van der Waals surface area (Å²) >= 11 is 0. The fourth-order valence-electron chi connectivity index (χ4n) is 4.23. The first-order chi connectivity index (χ1) is 14.5. The Hall–Kier alpha value is -3.28. The summed E-state index contributed by atoms with van der Waals surface area (Å²) in [6, 6.07) is 12.0. The second kappa shape index (κ2) is 6.90. The molecular weight excluding hydrogens is 374 g/mol. The van der Waals surface area contributed by atoms with Gasteiger partial charge in [0.2, 0.25) is 5.95 Å². The molecule has 6 heteroatoms. The molecule has 0 radical (unpaired) electrons. The Balaban J connectivity index is 1.50. The van der Waals surface area contributed by atoms with Crippen LogP contribution >= 0.6 is 0 Å². The Labute approximate surface area is 176 Å². The highest BCUT2D eigenvalue weighted by atomic mass is 16.2. The van der Waals surface area contributed by atoms with E-state index in [1.54, 1.807) is 4.90 Å². The lowest BCUT2D eigenvalue weighted by atomic mass is 9.97. The number of carbonyl (C=O) groups is 1. The quantitative estimate of drug-likeness (QED) is 0.660. The van der Waals surface area contributed by atoms with Gasteiger partial charge < -0.3 is 9.80 Å². The first-order valence-electron chi connectivity index (χ1n) is 10.4. The molecule has 30 heavy (non-hydrogen) atoms. The molecule has 1 aliphatic heterocycles. The minimum Gasteiger partial charge on any atom is -0.342 e. The van der Waals surface area contributed by atoms with Crippen LogP contribution in [0.2, 0.25) is 0 Å². The molecule has 1 spiro atoms. The van der Waals surface area contributed by atoms with Gasteiger partial charge in [-0.1, -0.05) is 12.1 Å². The Morgan fingerprint density at radius 3 is 2.60 bits per heavy atom. The van der Waals surface area contributed by atoms with Crippen LogP contribution in [0.3, 0.4) is 0 Å². The van der Waals surface area contributed by atoms with E-state index in [4.69, 9.17) is 0 Å². The van der Waals surface area contributed by atoms with Crippen molar-refractivity contribution in [1.29, 1.82) is 0 Å². The average Bonchev–Trinajstić information content (AvgIpc) is 3.49. The van der Waals surface area contributed by atoms with Crippen LogP contribution in [0.5, 0.6) is 0 Å². The van der Waals surface area contributed by atoms with Crippen molar-refractivity contribution < 1.29 is 4.79 Å². The van der Waals surface area contributed by atoms with Gasteiger partial charge in [0.15, 0.2) is 0 Å². The molecule has 5 rings (SSSR count). The number of hydrogen-bond acceptors (Lipinski definition) is 5. The van der Waals surface area contributed by atoms with Crippen molar-refractivity contribution in [1.82, 2.24) is 19.9 Å². The third-order valence-corrected chi connectivity index (χ3v) is 6.31. The van der Waals surface area contributed by atoms with Gasteiger partial charge in [0.1, 0.15) is 0 Å². The number of pyridine rings is 1. The van der Waals surface area contributed by atoms with Crippen molar-refractivity contribution in [3.05, 3.63) is 65.6 Å². The van der Waals surface area contributed by atoms with Crippen LogP contribution in [0.15, 0.2) is 48.8 Å². The smallest absolute Gasteiger partial charge is 0.253 e. The second-order valence-corrected chi connectivity index (χ2v) is 8.35. The van der Waals surface area contributed by atoms with Gasteiger partial charge in [-0.2, -0.15) is 0 Å². The van der Waals surface area contributed by atoms with Crippen molar-refractivity contribution in [2.75, 3.05) is 25.0 Å². The van der Waals surface area contributed by atoms with E-state index in [1.807, 2.05) is 63.6 Å². The first-order valence-corrected chi connectivity index (χ1v) is 10.4. The Bertz CT molecular complexity index is 1120. The topological polar surface area (TPSA) is 62.2 Å². The number of amides is 1. The summed E-state index contributed by atoms with van der Waals surface area (Å²) in [5.74, 6) is 0.712. The van der Waals surface area contributed by atoms with Crippen LogP contribution in [-0.4, -0.2) is 45.9 Å². The molecule has 1 fully saturated rings. The molecule has 0 saturated heterocycles. The van der Waals surface area contributed by atoms with Crippen LogP contribution < -0.4 is 4.90 Å². The summed E-state index contributed by atoms with van der Waals surface area (Å²) in [5, 5.41) is 0. The number of aryl methyl sites for hydroxylation is 1. The molecule has 3 aromatic rings. The van der Waals surface area contributed by atoms with Crippen molar-refractivity contribution >= 4 is 17.5 Å². The van der Waals surface area contributed by atoms with E-state index < -0.39 is 0 Å². The zero-order valence-corrected chi connectivity index (χ0v) is 17.6. The maximum Gasteiger partial charge on any atom is 0.253 e. The lowest BCUT2D eigenvalue weighted by Gasteiger charge is -2.19. The van der Waals surface area contributed by atoms with Gasteiger partial charge in [0.25, 0.3) is 5.91 Å². The van der Waals surface area contributed by atoms with Gasteiger partial charge in [0.05, 0.1) is 5.69 Å². The van der Waals surface area contributed by atoms with Crippen LogP contribution in [0.1, 0.15) is 41.4 Å². The van der Waals surface area contributed by atoms with Gasteiger partial charge in [-0.15, -0.1) is 0 Å². The summed E-state index contributed by atoms with van der Waals surface area (Å²) in [4.78, 5) is 30.5. The van der Waals surface area contributed by atoms with Crippen LogP contribution in [-0.2, 0) is 5.41 Å². The zero-order valence-electron chi connectivity index (χ0n) is 17.6. The first kappa shape index (κ1) is 18.7. The minimum atomic E-state index is 0.0405. The van der Waals surface area contributed by atoms with E-state index >= 15 is 0 Å². The fourth-order valence-corrected chi connectivity index (χ4v) is 4.23. The minimum absolute atomic E-state index is 0.0405. The third-order valence-electron chi connectivity index (χ3n) is 6.31. The van der Waals surface area contributed by atoms with Crippen LogP contribution in [0.25, 0.3) is 11.3 Å². The number of rotatable bonds is 4. The van der Waals surface area contributed by atoms with Crippen molar-refractivity contribution in [2.45, 2.75) is 32.1 Å². The fraction of sp³-hybridized carbons (Fsp3) is 0.333. The molecule has 3 heterocycles. The summed E-state index contributed by atoms with van der Waals surface area (Å²) in [6.07, 6.45) is 6.01. The van der Waals surface area contributed by atoms with E-state index in [9.17, 15) is 4.79 Å². The van der Waals surface area contributed by atoms with Gasteiger partial charge in [0, 0.05) is 60.5 Å². The van der Waals surface area contributed by atoms with E-state index in [0.29, 0.717) is 18.1 Å². The lowest BCUT2D eigenvalue weighted by Crippen LogP contribution is -2.26. The zero-order chi connectivity index (χ0) is 20.9. The van der Waals surface area contributed by atoms with Crippen LogP contribution in [0, 0.1) is 6.92 Å². The van der Waals surface area contributed by atoms with E-state index in [0.717, 1.165) is 29.2 Å². The molecule has 0 unspecified atom stereocenters. The average molecular weight is 399 g/mol. The number of fused-ring (bicyclic) bond motifs is 2. The van der Waals surface area contributed by atoms with Crippen LogP contribution in [0.4, 0.5) is 11.6 Å². The van der Waals surface area contributed by atoms with Crippen molar-refractivity contribution in [3.8, 4) is 11.3 Å². The van der Waals surface area contributed by atoms with E-state index in [1.165, 1.54) is 18.4 Å². The summed E-state index contributed by atoms with van der Waals surface area (Å²) in [5.41, 5.74) is 6.01. The molecule has 6 nitrogen and oxygen atoms in total. The maximum absolute atomic E-state index is 12.7. The standard InChI is InChI=1S/C24H25N5O/c1-4-28(3)22(30)17-8-9-19-21(12-17)29(15-24(19)10-11-24)23-25-13-18(14-26-23)20-7-5-6-16(2)27-20/h5-9,12-14H,4,10-11,15H2,1-3H3. The largest absolute Gasteiger partial charge is 0.342 e. The summed E-state index contributed by atoms with van der Waals surface area (Å²) in [7, 11) is 1.83. The van der Waals surface area contributed by atoms with Gasteiger partial charge in [-0.25, -0.2) is 9.97 Å². The van der Waals surface area contributed by atoms with Gasteiger partial charge in [-0.05, 0) is 56.5 Å². The highest BCUT2D eigenvalue weighted by molar-refractivity contribution is 5.96. The second-order valence-electron chi connectivity index (χ2n) is 8.35. The Kier molecular flexibility index (Phi) is 4.31. The van der Waals surface area contributed by atoms with E-state index in [-0.39, 0.29) is 11.3 Å². The highest BCUT2D eigenvalue weighted by Gasteiger charge is 2.52. The molecule has 0 N–H and O–H groups in total. The molecule has 1 amide bonds.